The lowest BCUT2D eigenvalue weighted by molar-refractivity contribution is -0.136. The van der Waals surface area contributed by atoms with Crippen molar-refractivity contribution < 1.29 is 9.59 Å². The summed E-state index contributed by atoms with van der Waals surface area (Å²) in [5.41, 5.74) is 6.18. The van der Waals surface area contributed by atoms with Gasteiger partial charge in [0.05, 0.1) is 10.7 Å². The van der Waals surface area contributed by atoms with Crippen LogP contribution < -0.4 is 10.6 Å². The van der Waals surface area contributed by atoms with Crippen molar-refractivity contribution in [3.63, 3.8) is 0 Å². The Kier molecular flexibility index (Phi) is 9.25. The Morgan fingerprint density at radius 3 is 2.64 bits per heavy atom. The summed E-state index contributed by atoms with van der Waals surface area (Å²) in [6.45, 7) is 1.28. The summed E-state index contributed by atoms with van der Waals surface area (Å²) in [7, 11) is 1.72. The van der Waals surface area contributed by atoms with Crippen molar-refractivity contribution in [2.45, 2.75) is 44.6 Å². The number of carbonyl (C=O) groups is 2. The molecule has 0 spiro atoms. The monoisotopic (exact) mass is 387 g/mol. The minimum atomic E-state index is -0.391. The van der Waals surface area contributed by atoms with Crippen LogP contribution in [0, 0.1) is 0 Å². The van der Waals surface area contributed by atoms with E-state index in [9.17, 15) is 9.59 Å². The summed E-state index contributed by atoms with van der Waals surface area (Å²) >= 11 is 6.19. The van der Waals surface area contributed by atoms with Gasteiger partial charge in [-0.25, -0.2) is 0 Å². The highest BCUT2D eigenvalue weighted by Gasteiger charge is 2.37. The van der Waals surface area contributed by atoms with Crippen LogP contribution in [0.4, 0.5) is 5.69 Å². The predicted octanol–water partition coefficient (Wildman–Crippen LogP) is 3.23. The Morgan fingerprint density at radius 2 is 1.96 bits per heavy atom. The predicted molar refractivity (Wildman–Crippen MR) is 104 cm³/mol. The molecule has 0 aromatic heterocycles. The quantitative estimate of drug-likeness (QED) is 0.696. The number of halogens is 2. The van der Waals surface area contributed by atoms with E-state index < -0.39 is 6.04 Å². The van der Waals surface area contributed by atoms with E-state index in [1.54, 1.807) is 22.9 Å². The first kappa shape index (κ1) is 21.7. The number of carbonyl (C=O) groups excluding carboxylic acids is 2. The summed E-state index contributed by atoms with van der Waals surface area (Å²) in [6, 6.07) is 6.91. The highest BCUT2D eigenvalue weighted by molar-refractivity contribution is 6.34. The normalized spacial score (nSPS) is 16.7. The molecule has 1 aromatic carbocycles. The third kappa shape index (κ3) is 5.59. The van der Waals surface area contributed by atoms with Gasteiger partial charge < -0.3 is 15.5 Å². The Morgan fingerprint density at radius 1 is 1.28 bits per heavy atom. The van der Waals surface area contributed by atoms with Crippen LogP contribution in [0.2, 0.25) is 5.02 Å². The van der Waals surface area contributed by atoms with Crippen molar-refractivity contribution in [2.24, 2.45) is 5.73 Å². The van der Waals surface area contributed by atoms with Crippen LogP contribution in [0.5, 0.6) is 0 Å². The molecule has 1 saturated heterocycles. The van der Waals surface area contributed by atoms with Crippen molar-refractivity contribution in [3.8, 4) is 0 Å². The molecule has 2 amide bonds. The van der Waals surface area contributed by atoms with E-state index in [-0.39, 0.29) is 24.2 Å². The van der Waals surface area contributed by atoms with Gasteiger partial charge in [0.15, 0.2) is 0 Å². The van der Waals surface area contributed by atoms with Crippen molar-refractivity contribution in [2.75, 3.05) is 25.0 Å². The number of benzene rings is 1. The average Bonchev–Trinajstić information content (AvgIpc) is 2.95. The fourth-order valence-corrected chi connectivity index (χ4v) is 3.30. The summed E-state index contributed by atoms with van der Waals surface area (Å²) < 4.78 is 0. The molecular weight excluding hydrogens is 361 g/mol. The molecule has 1 aliphatic heterocycles. The molecule has 2 rings (SSSR count). The number of amides is 2. The number of anilines is 1. The molecule has 1 aromatic rings. The standard InChI is InChI=1S/C18H26ClN3O2.ClH/c1-21(17(23)10-4-2-3-7-12-20)16-11-13-22(18(16)24)15-9-6-5-8-14(15)19;/h5-6,8-9,16H,2-4,7,10-13,20H2,1H3;1H. The van der Waals surface area contributed by atoms with Crippen molar-refractivity contribution >= 4 is 41.5 Å². The molecule has 1 fully saturated rings. The second kappa shape index (κ2) is 10.6. The molecule has 5 nitrogen and oxygen atoms in total. The zero-order chi connectivity index (χ0) is 17.5. The molecule has 1 aliphatic rings. The first-order valence-electron chi connectivity index (χ1n) is 8.58. The number of hydrogen-bond donors (Lipinski definition) is 1. The van der Waals surface area contributed by atoms with Crippen LogP contribution in [0.3, 0.4) is 0 Å². The van der Waals surface area contributed by atoms with E-state index in [0.29, 0.717) is 36.6 Å². The number of nitrogens with two attached hydrogens (primary N) is 1. The molecule has 140 valence electrons. The number of rotatable bonds is 8. The molecule has 1 heterocycles. The molecule has 0 saturated carbocycles. The Labute approximate surface area is 160 Å². The van der Waals surface area contributed by atoms with E-state index >= 15 is 0 Å². The number of para-hydroxylation sites is 1. The molecule has 25 heavy (non-hydrogen) atoms. The number of nitrogens with zero attached hydrogens (tertiary/aromatic N) is 2. The second-order valence-corrected chi connectivity index (χ2v) is 6.61. The molecule has 0 aliphatic carbocycles. The van der Waals surface area contributed by atoms with Crippen LogP contribution in [-0.2, 0) is 9.59 Å². The third-order valence-corrected chi connectivity index (χ3v) is 4.85. The maximum absolute atomic E-state index is 12.7. The van der Waals surface area contributed by atoms with Gasteiger partial charge in [0.2, 0.25) is 11.8 Å². The highest BCUT2D eigenvalue weighted by atomic mass is 35.5. The van der Waals surface area contributed by atoms with E-state index in [0.717, 1.165) is 25.7 Å². The van der Waals surface area contributed by atoms with Crippen molar-refractivity contribution in [1.29, 1.82) is 0 Å². The van der Waals surface area contributed by atoms with Crippen LogP contribution in [0.15, 0.2) is 24.3 Å². The molecular formula is C18H27Cl2N3O2. The lowest BCUT2D eigenvalue weighted by atomic mass is 10.1. The molecule has 1 atom stereocenters. The summed E-state index contributed by atoms with van der Waals surface area (Å²) in [5, 5.41) is 0.556. The lowest BCUT2D eigenvalue weighted by Gasteiger charge is -2.24. The van der Waals surface area contributed by atoms with Crippen molar-refractivity contribution in [1.82, 2.24) is 4.90 Å². The van der Waals surface area contributed by atoms with Crippen LogP contribution >= 0.6 is 24.0 Å². The van der Waals surface area contributed by atoms with E-state index in [1.165, 1.54) is 0 Å². The third-order valence-electron chi connectivity index (χ3n) is 4.53. The van der Waals surface area contributed by atoms with Gasteiger partial charge in [0.1, 0.15) is 6.04 Å². The minimum absolute atomic E-state index is 0. The van der Waals surface area contributed by atoms with E-state index in [1.807, 2.05) is 18.2 Å². The minimum Gasteiger partial charge on any atom is -0.334 e. The Hall–Kier alpha value is -1.30. The summed E-state index contributed by atoms with van der Waals surface area (Å²) in [4.78, 5) is 28.3. The first-order valence-corrected chi connectivity index (χ1v) is 8.95. The molecule has 7 heteroatoms. The van der Waals surface area contributed by atoms with E-state index in [2.05, 4.69) is 0 Å². The lowest BCUT2D eigenvalue weighted by Crippen LogP contribution is -2.42. The number of hydrogen-bond acceptors (Lipinski definition) is 3. The van der Waals surface area contributed by atoms with Gasteiger partial charge >= 0.3 is 0 Å². The fourth-order valence-electron chi connectivity index (χ4n) is 3.06. The zero-order valence-electron chi connectivity index (χ0n) is 14.6. The van der Waals surface area contributed by atoms with Gasteiger partial charge in [-0.2, -0.15) is 0 Å². The van der Waals surface area contributed by atoms with Gasteiger partial charge in [0, 0.05) is 20.0 Å². The highest BCUT2D eigenvalue weighted by Crippen LogP contribution is 2.30. The maximum Gasteiger partial charge on any atom is 0.249 e. The number of likely N-dealkylation sites (N-methyl/N-ethyl adjacent to an activating group) is 1. The fraction of sp³-hybridized carbons (Fsp3) is 0.556. The molecule has 2 N–H and O–H groups in total. The molecule has 0 bridgehead atoms. The topological polar surface area (TPSA) is 66.6 Å². The van der Waals surface area contributed by atoms with Gasteiger partial charge in [-0.05, 0) is 37.9 Å². The summed E-state index contributed by atoms with van der Waals surface area (Å²) in [5.74, 6) is -0.0239. The van der Waals surface area contributed by atoms with Crippen LogP contribution in [0.25, 0.3) is 0 Å². The molecule has 0 radical (unpaired) electrons. The van der Waals surface area contributed by atoms with Crippen molar-refractivity contribution in [3.05, 3.63) is 29.3 Å². The van der Waals surface area contributed by atoms with Crippen LogP contribution in [0.1, 0.15) is 38.5 Å². The van der Waals surface area contributed by atoms with Gasteiger partial charge in [0.25, 0.3) is 0 Å². The summed E-state index contributed by atoms with van der Waals surface area (Å²) in [6.07, 6.45) is 5.02. The van der Waals surface area contributed by atoms with Crippen LogP contribution in [-0.4, -0.2) is 42.9 Å². The first-order chi connectivity index (χ1) is 11.6. The van der Waals surface area contributed by atoms with Gasteiger partial charge in [-0.3, -0.25) is 9.59 Å². The average molecular weight is 388 g/mol. The zero-order valence-corrected chi connectivity index (χ0v) is 16.2. The maximum atomic E-state index is 12.7. The molecule has 1 unspecified atom stereocenters. The SMILES string of the molecule is CN(C(=O)CCCCCCN)C1CCN(c2ccccc2Cl)C1=O.Cl. The van der Waals surface area contributed by atoms with Gasteiger partial charge in [-0.1, -0.05) is 36.6 Å². The second-order valence-electron chi connectivity index (χ2n) is 6.20. The largest absolute Gasteiger partial charge is 0.334 e. The van der Waals surface area contributed by atoms with E-state index in [4.69, 9.17) is 17.3 Å². The van der Waals surface area contributed by atoms with Gasteiger partial charge in [-0.15, -0.1) is 12.4 Å². The smallest absolute Gasteiger partial charge is 0.249 e. The number of unbranched alkanes of at least 4 members (excludes halogenated alkanes) is 3. The Balaban J connectivity index is 0.00000312. The Bertz CT molecular complexity index is 583.